The summed E-state index contributed by atoms with van der Waals surface area (Å²) in [4.78, 5) is 24.7. The lowest BCUT2D eigenvalue weighted by molar-refractivity contribution is -0.384. The second-order valence-corrected chi connectivity index (χ2v) is 7.40. The summed E-state index contributed by atoms with van der Waals surface area (Å²) in [6.45, 7) is 0. The number of thiocarbonyl (C=S) groups is 1. The molecule has 0 saturated carbocycles. The Labute approximate surface area is 162 Å². The summed E-state index contributed by atoms with van der Waals surface area (Å²) in [6.07, 6.45) is 1.60. The number of non-ortho nitro benzene ring substituents is 1. The molecule has 1 aliphatic heterocycles. The van der Waals surface area contributed by atoms with Crippen molar-refractivity contribution >= 4 is 74.9 Å². The second kappa shape index (κ2) is 7.13. The molecule has 5 nitrogen and oxygen atoms in total. The quantitative estimate of drug-likeness (QED) is 0.297. The average Bonchev–Trinajstić information content (AvgIpc) is 2.86. The summed E-state index contributed by atoms with van der Waals surface area (Å²) in [7, 11) is 0. The molecule has 25 heavy (non-hydrogen) atoms. The fraction of sp³-hybridized carbons (Fsp3) is 0. The molecule has 9 heteroatoms. The number of hydrogen-bond acceptors (Lipinski definition) is 5. The monoisotopic (exact) mass is 410 g/mol. The molecule has 1 amide bonds. The number of halogens is 2. The van der Waals surface area contributed by atoms with Gasteiger partial charge in [0.15, 0.2) is 4.32 Å². The van der Waals surface area contributed by atoms with E-state index in [0.29, 0.717) is 26.2 Å². The highest BCUT2D eigenvalue weighted by Gasteiger charge is 2.34. The predicted molar refractivity (Wildman–Crippen MR) is 105 cm³/mol. The summed E-state index contributed by atoms with van der Waals surface area (Å²) >= 11 is 18.5. The number of carbonyl (C=O) groups excluding carboxylic acids is 1. The Balaban J connectivity index is 1.98. The smallest absolute Gasteiger partial charge is 0.268 e. The minimum absolute atomic E-state index is 0.117. The van der Waals surface area contributed by atoms with Gasteiger partial charge in [-0.2, -0.15) is 0 Å². The van der Waals surface area contributed by atoms with Gasteiger partial charge in [0.1, 0.15) is 0 Å². The first-order chi connectivity index (χ1) is 11.9. The highest BCUT2D eigenvalue weighted by atomic mass is 35.5. The van der Waals surface area contributed by atoms with Gasteiger partial charge in [0.05, 0.1) is 25.6 Å². The summed E-state index contributed by atoms with van der Waals surface area (Å²) in [5.41, 5.74) is 0.819. The summed E-state index contributed by atoms with van der Waals surface area (Å²) in [5.74, 6) is -0.369. The average molecular weight is 411 g/mol. The van der Waals surface area contributed by atoms with Crippen molar-refractivity contribution in [3.05, 3.63) is 73.1 Å². The summed E-state index contributed by atoms with van der Waals surface area (Å²) in [5, 5.41) is 11.6. The van der Waals surface area contributed by atoms with E-state index in [1.165, 1.54) is 23.1 Å². The maximum absolute atomic E-state index is 12.7. The van der Waals surface area contributed by atoms with Crippen LogP contribution in [0.1, 0.15) is 5.56 Å². The molecule has 1 heterocycles. The van der Waals surface area contributed by atoms with Crippen LogP contribution in [0.2, 0.25) is 10.0 Å². The topological polar surface area (TPSA) is 63.5 Å². The van der Waals surface area contributed by atoms with Gasteiger partial charge in [0.25, 0.3) is 11.6 Å². The van der Waals surface area contributed by atoms with Gasteiger partial charge >= 0.3 is 0 Å². The minimum atomic E-state index is -0.525. The molecule has 0 bridgehead atoms. The Morgan fingerprint density at radius 2 is 1.92 bits per heavy atom. The van der Waals surface area contributed by atoms with E-state index in [-0.39, 0.29) is 15.9 Å². The van der Waals surface area contributed by atoms with Crippen LogP contribution in [0.15, 0.2) is 47.4 Å². The van der Waals surface area contributed by atoms with E-state index >= 15 is 0 Å². The lowest BCUT2D eigenvalue weighted by Crippen LogP contribution is -2.27. The minimum Gasteiger partial charge on any atom is -0.268 e. The molecule has 1 fully saturated rings. The van der Waals surface area contributed by atoms with Gasteiger partial charge in [-0.15, -0.1) is 0 Å². The van der Waals surface area contributed by atoms with Crippen LogP contribution in [0.3, 0.4) is 0 Å². The zero-order valence-corrected chi connectivity index (χ0v) is 15.5. The Bertz CT molecular complexity index is 947. The van der Waals surface area contributed by atoms with Crippen LogP contribution >= 0.6 is 47.2 Å². The van der Waals surface area contributed by atoms with Gasteiger partial charge < -0.3 is 0 Å². The van der Waals surface area contributed by atoms with Crippen molar-refractivity contribution in [2.45, 2.75) is 0 Å². The highest BCUT2D eigenvalue weighted by molar-refractivity contribution is 8.27. The van der Waals surface area contributed by atoms with Gasteiger partial charge in [-0.1, -0.05) is 65.4 Å². The number of anilines is 1. The fourth-order valence-electron chi connectivity index (χ4n) is 2.21. The van der Waals surface area contributed by atoms with Crippen molar-refractivity contribution in [2.75, 3.05) is 4.90 Å². The summed E-state index contributed by atoms with van der Waals surface area (Å²) < 4.78 is 0.287. The number of amides is 1. The lowest BCUT2D eigenvalue weighted by atomic mass is 10.2. The van der Waals surface area contributed by atoms with Gasteiger partial charge in [0, 0.05) is 12.1 Å². The van der Waals surface area contributed by atoms with Crippen LogP contribution in [0.4, 0.5) is 11.4 Å². The first-order valence-electron chi connectivity index (χ1n) is 6.85. The largest absolute Gasteiger partial charge is 0.271 e. The van der Waals surface area contributed by atoms with Crippen LogP contribution in [-0.2, 0) is 4.79 Å². The molecule has 0 unspecified atom stereocenters. The molecule has 1 aliphatic rings. The van der Waals surface area contributed by atoms with Crippen LogP contribution in [0.25, 0.3) is 6.08 Å². The predicted octanol–water partition coefficient (Wildman–Crippen LogP) is 5.31. The van der Waals surface area contributed by atoms with Crippen LogP contribution in [0, 0.1) is 10.1 Å². The first-order valence-corrected chi connectivity index (χ1v) is 8.83. The van der Waals surface area contributed by atoms with E-state index in [4.69, 9.17) is 35.4 Å². The van der Waals surface area contributed by atoms with Crippen LogP contribution < -0.4 is 4.90 Å². The van der Waals surface area contributed by atoms with Crippen molar-refractivity contribution in [2.24, 2.45) is 0 Å². The van der Waals surface area contributed by atoms with E-state index in [0.717, 1.165) is 11.8 Å². The first kappa shape index (κ1) is 17.9. The SMILES string of the molecule is O=C1/C(=C/c2cccc(Cl)c2Cl)SC(=S)N1c1cccc([N+](=O)[O-])c1. The lowest BCUT2D eigenvalue weighted by Gasteiger charge is -2.14. The molecule has 0 N–H and O–H groups in total. The normalized spacial score (nSPS) is 15.9. The Hall–Kier alpha value is -1.93. The third kappa shape index (κ3) is 3.55. The molecule has 2 aromatic carbocycles. The zero-order chi connectivity index (χ0) is 18.1. The van der Waals surface area contributed by atoms with Crippen molar-refractivity contribution in [1.29, 1.82) is 0 Å². The molecular weight excluding hydrogens is 403 g/mol. The van der Waals surface area contributed by atoms with Crippen LogP contribution in [-0.4, -0.2) is 15.2 Å². The third-order valence-electron chi connectivity index (χ3n) is 3.36. The molecule has 126 valence electrons. The van der Waals surface area contributed by atoms with Crippen molar-refractivity contribution in [3.8, 4) is 0 Å². The van der Waals surface area contributed by atoms with Gasteiger partial charge in [-0.25, -0.2) is 0 Å². The van der Waals surface area contributed by atoms with Crippen molar-refractivity contribution < 1.29 is 9.72 Å². The zero-order valence-electron chi connectivity index (χ0n) is 12.3. The van der Waals surface area contributed by atoms with Crippen molar-refractivity contribution in [1.82, 2.24) is 0 Å². The molecule has 0 aliphatic carbocycles. The summed E-state index contributed by atoms with van der Waals surface area (Å²) in [6, 6.07) is 10.9. The molecule has 0 spiro atoms. The van der Waals surface area contributed by atoms with E-state index in [1.807, 2.05) is 0 Å². The Morgan fingerprint density at radius 3 is 2.64 bits per heavy atom. The van der Waals surface area contributed by atoms with Gasteiger partial charge in [0.2, 0.25) is 0 Å². The molecule has 0 radical (unpaired) electrons. The molecule has 2 aromatic rings. The Morgan fingerprint density at radius 1 is 1.20 bits per heavy atom. The number of rotatable bonds is 3. The molecule has 0 aromatic heterocycles. The molecule has 1 saturated heterocycles. The molecular formula is C16H8Cl2N2O3S2. The standard InChI is InChI=1S/C16H8Cl2N2O3S2/c17-12-6-1-3-9(14(12)18)7-13-15(21)19(16(24)25-13)10-4-2-5-11(8-10)20(22)23/h1-8H/b13-7-. The van der Waals surface area contributed by atoms with E-state index < -0.39 is 4.92 Å². The number of thioether (sulfide) groups is 1. The number of nitro groups is 1. The Kier molecular flexibility index (Phi) is 5.10. The third-order valence-corrected chi connectivity index (χ3v) is 5.50. The maximum atomic E-state index is 12.7. The number of carbonyl (C=O) groups is 1. The number of benzene rings is 2. The van der Waals surface area contributed by atoms with E-state index in [2.05, 4.69) is 0 Å². The fourth-order valence-corrected chi connectivity index (χ4v) is 3.86. The molecule has 0 atom stereocenters. The number of hydrogen-bond donors (Lipinski definition) is 0. The van der Waals surface area contributed by atoms with E-state index in [9.17, 15) is 14.9 Å². The van der Waals surface area contributed by atoms with Crippen molar-refractivity contribution in [3.63, 3.8) is 0 Å². The second-order valence-electron chi connectivity index (χ2n) is 4.94. The highest BCUT2D eigenvalue weighted by Crippen LogP contribution is 2.38. The van der Waals surface area contributed by atoms with Gasteiger partial charge in [-0.3, -0.25) is 19.8 Å². The molecule has 3 rings (SSSR count). The van der Waals surface area contributed by atoms with Crippen LogP contribution in [0.5, 0.6) is 0 Å². The number of nitro benzene ring substituents is 1. The number of nitrogens with zero attached hydrogens (tertiary/aromatic N) is 2. The van der Waals surface area contributed by atoms with E-state index in [1.54, 1.807) is 30.3 Å². The van der Waals surface area contributed by atoms with Gasteiger partial charge in [-0.05, 0) is 23.8 Å². The maximum Gasteiger partial charge on any atom is 0.271 e.